The van der Waals surface area contributed by atoms with E-state index >= 15 is 0 Å². The second-order valence-corrected chi connectivity index (χ2v) is 2.52. The van der Waals surface area contributed by atoms with Gasteiger partial charge in [0.15, 0.2) is 0 Å². The molecule has 0 saturated heterocycles. The summed E-state index contributed by atoms with van der Waals surface area (Å²) in [4.78, 5) is 4.01. The molecular weight excluding hydrogens is 150 g/mol. The Bertz CT molecular complexity index is 299. The fraction of sp³-hybridized carbons (Fsp3) is 0.200. The molecule has 0 aromatic carbocycles. The maximum absolute atomic E-state index is 9.59. The monoisotopic (exact) mass is 161 g/mol. The van der Waals surface area contributed by atoms with Gasteiger partial charge in [-0.3, -0.25) is 4.98 Å². The van der Waals surface area contributed by atoms with Crippen LogP contribution >= 0.6 is 0 Å². The lowest BCUT2D eigenvalue weighted by Crippen LogP contribution is -2.00. The minimum atomic E-state index is -0.677. The highest BCUT2D eigenvalue weighted by atomic mass is 16.3. The summed E-state index contributed by atoms with van der Waals surface area (Å²) < 4.78 is 0. The van der Waals surface area contributed by atoms with Crippen molar-refractivity contribution in [2.45, 2.75) is 13.0 Å². The summed E-state index contributed by atoms with van der Waals surface area (Å²) >= 11 is 0. The lowest BCUT2D eigenvalue weighted by atomic mass is 10.1. The summed E-state index contributed by atoms with van der Waals surface area (Å²) in [6.07, 6.45) is 0.971. The van der Waals surface area contributed by atoms with E-state index in [1.165, 1.54) is 0 Å². The van der Waals surface area contributed by atoms with Crippen LogP contribution in [0, 0.1) is 0 Å². The topological polar surface area (TPSA) is 33.1 Å². The summed E-state index contributed by atoms with van der Waals surface area (Å²) in [5.74, 6) is 0. The van der Waals surface area contributed by atoms with Crippen LogP contribution in [-0.4, -0.2) is 10.1 Å². The maximum atomic E-state index is 9.59. The van der Waals surface area contributed by atoms with Crippen molar-refractivity contribution in [3.05, 3.63) is 48.0 Å². The summed E-state index contributed by atoms with van der Waals surface area (Å²) in [5.41, 5.74) is 3.96. The molecule has 1 N–H and O–H groups in total. The van der Waals surface area contributed by atoms with Gasteiger partial charge in [0.1, 0.15) is 6.10 Å². The normalized spacial score (nSPS) is 11.8. The molecule has 0 bridgehead atoms. The minimum absolute atomic E-state index is 0.631. The Morgan fingerprint density at radius 3 is 2.92 bits per heavy atom. The molecule has 12 heavy (non-hydrogen) atoms. The highest BCUT2D eigenvalue weighted by Gasteiger charge is 2.08. The highest BCUT2D eigenvalue weighted by Crippen LogP contribution is 2.16. The standard InChI is InChI=1S/C10H11NO/c1-3-8(2)10(12)9-6-4-5-7-11-9/h4-7,10,12H,1H2,2H3. The predicted molar refractivity (Wildman–Crippen MR) is 47.5 cm³/mol. The molecule has 0 aliphatic carbocycles. The molecule has 1 aromatic heterocycles. The number of nitrogens with zero attached hydrogens (tertiary/aromatic N) is 1. The molecule has 1 aromatic rings. The second kappa shape index (κ2) is 3.86. The zero-order valence-electron chi connectivity index (χ0n) is 6.99. The summed E-state index contributed by atoms with van der Waals surface area (Å²) in [7, 11) is 0. The number of aliphatic hydroxyl groups is 1. The molecule has 0 amide bonds. The first-order valence-corrected chi connectivity index (χ1v) is 3.71. The molecule has 2 nitrogen and oxygen atoms in total. The van der Waals surface area contributed by atoms with Gasteiger partial charge in [-0.1, -0.05) is 12.6 Å². The summed E-state index contributed by atoms with van der Waals surface area (Å²) in [6, 6.07) is 5.41. The lowest BCUT2D eigenvalue weighted by Gasteiger charge is -2.07. The first-order valence-electron chi connectivity index (χ1n) is 3.71. The van der Waals surface area contributed by atoms with Crippen molar-refractivity contribution in [1.29, 1.82) is 0 Å². The van der Waals surface area contributed by atoms with E-state index in [0.717, 1.165) is 0 Å². The number of rotatable bonds is 2. The van der Waals surface area contributed by atoms with Gasteiger partial charge >= 0.3 is 0 Å². The molecule has 62 valence electrons. The number of hydrogen-bond acceptors (Lipinski definition) is 2. The third kappa shape index (κ3) is 1.82. The van der Waals surface area contributed by atoms with Crippen LogP contribution in [0.2, 0.25) is 0 Å². The van der Waals surface area contributed by atoms with Gasteiger partial charge < -0.3 is 5.11 Å². The Labute approximate surface area is 71.9 Å². The van der Waals surface area contributed by atoms with Crippen LogP contribution in [0.15, 0.2) is 42.3 Å². The van der Waals surface area contributed by atoms with Crippen LogP contribution in [0.1, 0.15) is 18.7 Å². The fourth-order valence-electron chi connectivity index (χ4n) is 0.856. The molecule has 2 heteroatoms. The molecule has 1 unspecified atom stereocenters. The Hall–Kier alpha value is -1.37. The van der Waals surface area contributed by atoms with Crippen LogP contribution in [0.4, 0.5) is 0 Å². The average Bonchev–Trinajstić information content (AvgIpc) is 2.17. The van der Waals surface area contributed by atoms with E-state index in [1.54, 1.807) is 19.2 Å². The predicted octanol–water partition coefficient (Wildman–Crippen LogP) is 1.85. The third-order valence-corrected chi connectivity index (χ3v) is 1.66. The molecule has 1 atom stereocenters. The van der Waals surface area contributed by atoms with E-state index in [2.05, 4.69) is 17.3 Å². The quantitative estimate of drug-likeness (QED) is 0.671. The van der Waals surface area contributed by atoms with Crippen molar-refractivity contribution in [3.63, 3.8) is 0 Å². The van der Waals surface area contributed by atoms with Gasteiger partial charge in [-0.05, 0) is 19.1 Å². The molecule has 0 radical (unpaired) electrons. The third-order valence-electron chi connectivity index (χ3n) is 1.66. The largest absolute Gasteiger partial charge is 0.382 e. The van der Waals surface area contributed by atoms with E-state index in [4.69, 9.17) is 0 Å². The minimum Gasteiger partial charge on any atom is -0.382 e. The van der Waals surface area contributed by atoms with Gasteiger partial charge in [0.25, 0.3) is 0 Å². The van der Waals surface area contributed by atoms with Gasteiger partial charge in [0, 0.05) is 11.8 Å². The van der Waals surface area contributed by atoms with Gasteiger partial charge in [-0.25, -0.2) is 0 Å². The Morgan fingerprint density at radius 1 is 1.67 bits per heavy atom. The molecule has 0 spiro atoms. The van der Waals surface area contributed by atoms with Crippen molar-refractivity contribution in [2.75, 3.05) is 0 Å². The van der Waals surface area contributed by atoms with Crippen molar-refractivity contribution < 1.29 is 5.11 Å². The zero-order valence-corrected chi connectivity index (χ0v) is 6.99. The van der Waals surface area contributed by atoms with Crippen molar-refractivity contribution >= 4 is 0 Å². The fourth-order valence-corrected chi connectivity index (χ4v) is 0.856. The first kappa shape index (κ1) is 8.72. The number of pyridine rings is 1. The number of aliphatic hydroxyl groups excluding tert-OH is 1. The second-order valence-electron chi connectivity index (χ2n) is 2.52. The summed E-state index contributed by atoms with van der Waals surface area (Å²) in [5, 5.41) is 9.59. The Morgan fingerprint density at radius 2 is 2.42 bits per heavy atom. The van der Waals surface area contributed by atoms with Crippen molar-refractivity contribution in [3.8, 4) is 0 Å². The van der Waals surface area contributed by atoms with Crippen LogP contribution in [0.3, 0.4) is 0 Å². The van der Waals surface area contributed by atoms with Gasteiger partial charge in [-0.15, -0.1) is 5.73 Å². The first-order chi connectivity index (χ1) is 5.75. The van der Waals surface area contributed by atoms with E-state index in [9.17, 15) is 5.11 Å². The smallest absolute Gasteiger partial charge is 0.124 e. The molecule has 0 fully saturated rings. The molecule has 0 aliphatic heterocycles. The van der Waals surface area contributed by atoms with E-state index < -0.39 is 6.10 Å². The molecule has 1 rings (SSSR count). The lowest BCUT2D eigenvalue weighted by molar-refractivity contribution is 0.211. The van der Waals surface area contributed by atoms with E-state index in [-0.39, 0.29) is 0 Å². The molecule has 0 aliphatic rings. The van der Waals surface area contributed by atoms with Crippen molar-refractivity contribution in [2.24, 2.45) is 0 Å². The van der Waals surface area contributed by atoms with Crippen LogP contribution < -0.4 is 0 Å². The molecule has 0 saturated carbocycles. The van der Waals surface area contributed by atoms with Gasteiger partial charge in [-0.2, -0.15) is 0 Å². The van der Waals surface area contributed by atoms with Crippen LogP contribution in [0.25, 0.3) is 0 Å². The van der Waals surface area contributed by atoms with Crippen molar-refractivity contribution in [1.82, 2.24) is 4.98 Å². The maximum Gasteiger partial charge on any atom is 0.124 e. The molecular formula is C10H11NO. The number of aromatic nitrogens is 1. The Balaban J connectivity index is 2.93. The van der Waals surface area contributed by atoms with Crippen LogP contribution in [0.5, 0.6) is 0 Å². The summed E-state index contributed by atoms with van der Waals surface area (Å²) in [6.45, 7) is 5.23. The highest BCUT2D eigenvalue weighted by molar-refractivity contribution is 5.16. The van der Waals surface area contributed by atoms with E-state index in [1.807, 2.05) is 12.1 Å². The van der Waals surface area contributed by atoms with Gasteiger partial charge in [0.05, 0.1) is 5.69 Å². The SMILES string of the molecule is C=C=C(C)C(O)c1ccccn1. The Kier molecular flexibility index (Phi) is 2.81. The van der Waals surface area contributed by atoms with Crippen LogP contribution in [-0.2, 0) is 0 Å². The van der Waals surface area contributed by atoms with E-state index in [0.29, 0.717) is 11.3 Å². The zero-order chi connectivity index (χ0) is 8.97. The average molecular weight is 161 g/mol. The number of hydrogen-bond donors (Lipinski definition) is 1. The molecule has 1 heterocycles. The van der Waals surface area contributed by atoms with Gasteiger partial charge in [0.2, 0.25) is 0 Å².